The second-order valence-corrected chi connectivity index (χ2v) is 19.3. The number of esters is 1. The normalized spacial score (nSPS) is 16.2. The smallest absolute Gasteiger partial charge is 0.328 e. The zero-order valence-corrected chi connectivity index (χ0v) is 38.2. The van der Waals surface area contributed by atoms with Gasteiger partial charge < -0.3 is 29.6 Å². The summed E-state index contributed by atoms with van der Waals surface area (Å²) in [6.45, 7) is 3.00. The number of halogens is 3. The van der Waals surface area contributed by atoms with E-state index in [1.807, 2.05) is 42.5 Å². The molecule has 6 aromatic rings. The van der Waals surface area contributed by atoms with Gasteiger partial charge >= 0.3 is 5.97 Å². The summed E-state index contributed by atoms with van der Waals surface area (Å²) in [5.74, 6) is -0.816. The fraction of sp³-hybridized carbons (Fsp3) is 0.234. The van der Waals surface area contributed by atoms with Gasteiger partial charge in [-0.25, -0.2) is 22.6 Å². The molecule has 2 N–H and O–H groups in total. The van der Waals surface area contributed by atoms with Crippen LogP contribution in [0.2, 0.25) is 10.0 Å². The Morgan fingerprint density at radius 2 is 1.58 bits per heavy atom. The number of aryl methyl sites for hydroxylation is 1. The second-order valence-electron chi connectivity index (χ2n) is 15.4. The zero-order valence-electron chi connectivity index (χ0n) is 35.1. The van der Waals surface area contributed by atoms with Crippen LogP contribution in [0.4, 0.5) is 9.52 Å². The Kier molecular flexibility index (Phi) is 13.4. The van der Waals surface area contributed by atoms with E-state index in [9.17, 15) is 27.2 Å². The first-order valence-corrected chi connectivity index (χ1v) is 23.3. The SMILES string of the molecule is COC(=O)C(Cc1ccc(-c2ccc(F)cc2)cc1)NC(=O)[C@@H]1Cc2cc3c(cc2CN1S(=O)(=O)c1sc(NC(C)=O)nc1C)O[C@@H](c1ccc(OCc2ccc(Cl)c(Cl)c2)cc1)CO3. The minimum Gasteiger partial charge on any atom is -0.489 e. The van der Waals surface area contributed by atoms with Gasteiger partial charge in [0, 0.05) is 19.9 Å². The van der Waals surface area contributed by atoms with Crippen molar-refractivity contribution in [1.29, 1.82) is 0 Å². The van der Waals surface area contributed by atoms with E-state index in [0.717, 1.165) is 37.9 Å². The highest BCUT2D eigenvalue weighted by atomic mass is 35.5. The lowest BCUT2D eigenvalue weighted by Crippen LogP contribution is -2.56. The van der Waals surface area contributed by atoms with Gasteiger partial charge in [-0.2, -0.15) is 4.31 Å². The summed E-state index contributed by atoms with van der Waals surface area (Å²) in [5, 5.41) is 6.30. The van der Waals surface area contributed by atoms with Gasteiger partial charge in [0.1, 0.15) is 36.9 Å². The molecule has 0 spiro atoms. The number of ether oxygens (including phenoxy) is 4. The number of sulfonamides is 1. The van der Waals surface area contributed by atoms with Gasteiger partial charge in [0.2, 0.25) is 11.8 Å². The third kappa shape index (κ3) is 10.3. The molecule has 2 amide bonds. The van der Waals surface area contributed by atoms with Crippen molar-refractivity contribution in [2.24, 2.45) is 0 Å². The monoisotopic (exact) mass is 958 g/mol. The van der Waals surface area contributed by atoms with Gasteiger partial charge in [0.05, 0.1) is 22.8 Å². The molecule has 3 heterocycles. The standard InChI is InChI=1S/C47H41Cl2FN4O9S2/c1-26-46(64-47(51-26)52-27(2)55)65(58,59)54-23-34-22-42-41(62-25-43(63-42)32-11-15-36(16-12-32)61-24-29-6-17-37(48)38(49)18-29)21-33(34)20-40(54)44(56)53-39(45(57)60-3)19-28-4-7-30(8-5-28)31-9-13-35(50)14-10-31/h4-18,21-22,39-40,43H,19-20,23-25H2,1-3H3,(H,53,56)(H,51,52,55)/t39?,40-,43+/m0/s1. The number of carbonyl (C=O) groups excluding carboxylic acids is 3. The Morgan fingerprint density at radius 3 is 2.26 bits per heavy atom. The molecule has 1 aromatic heterocycles. The van der Waals surface area contributed by atoms with Crippen LogP contribution in [0.25, 0.3) is 11.1 Å². The van der Waals surface area contributed by atoms with Crippen molar-refractivity contribution in [2.75, 3.05) is 19.0 Å². The molecule has 0 bridgehead atoms. The molecule has 18 heteroatoms. The van der Waals surface area contributed by atoms with E-state index in [0.29, 0.717) is 44.0 Å². The van der Waals surface area contributed by atoms with Crippen LogP contribution in [0.3, 0.4) is 0 Å². The predicted molar refractivity (Wildman–Crippen MR) is 243 cm³/mol. The number of anilines is 1. The van der Waals surface area contributed by atoms with E-state index in [2.05, 4.69) is 15.6 Å². The van der Waals surface area contributed by atoms with Crippen molar-refractivity contribution in [3.8, 4) is 28.4 Å². The van der Waals surface area contributed by atoms with E-state index >= 15 is 0 Å². The van der Waals surface area contributed by atoms with Crippen LogP contribution in [0.5, 0.6) is 17.2 Å². The number of methoxy groups -OCH3 is 1. The van der Waals surface area contributed by atoms with E-state index in [1.165, 1.54) is 33.1 Å². The minimum absolute atomic E-state index is 0.0283. The average Bonchev–Trinajstić information content (AvgIpc) is 3.67. The maximum Gasteiger partial charge on any atom is 0.328 e. The van der Waals surface area contributed by atoms with Crippen LogP contribution < -0.4 is 24.8 Å². The van der Waals surface area contributed by atoms with Crippen LogP contribution in [0.15, 0.2) is 107 Å². The minimum atomic E-state index is -4.46. The number of nitrogens with zero attached hydrogens (tertiary/aromatic N) is 2. The zero-order chi connectivity index (χ0) is 46.0. The van der Waals surface area contributed by atoms with E-state index in [4.69, 9.17) is 42.1 Å². The Labute approximate surface area is 388 Å². The lowest BCUT2D eigenvalue weighted by atomic mass is 9.94. The molecule has 2 aliphatic heterocycles. The predicted octanol–water partition coefficient (Wildman–Crippen LogP) is 8.63. The number of thiazole rings is 1. The van der Waals surface area contributed by atoms with Crippen LogP contribution in [0.1, 0.15) is 46.5 Å². The fourth-order valence-corrected chi connectivity index (χ4v) is 11.0. The maximum absolute atomic E-state index is 14.7. The van der Waals surface area contributed by atoms with Crippen LogP contribution in [-0.2, 0) is 55.1 Å². The highest BCUT2D eigenvalue weighted by molar-refractivity contribution is 7.91. The number of nitrogens with one attached hydrogen (secondary N) is 2. The third-order valence-electron chi connectivity index (χ3n) is 10.9. The van der Waals surface area contributed by atoms with E-state index in [1.54, 1.807) is 48.5 Å². The molecule has 8 rings (SSSR count). The molecule has 336 valence electrons. The Hall–Kier alpha value is -6.04. The lowest BCUT2D eigenvalue weighted by molar-refractivity contribution is -0.145. The van der Waals surface area contributed by atoms with Gasteiger partial charge in [-0.1, -0.05) is 89.1 Å². The number of rotatable bonds is 13. The van der Waals surface area contributed by atoms with Crippen molar-refractivity contribution in [1.82, 2.24) is 14.6 Å². The van der Waals surface area contributed by atoms with Crippen molar-refractivity contribution in [2.45, 2.75) is 62.2 Å². The summed E-state index contributed by atoms with van der Waals surface area (Å²) >= 11 is 13.0. The van der Waals surface area contributed by atoms with Crippen LogP contribution in [-0.4, -0.2) is 61.3 Å². The molecule has 3 atom stereocenters. The summed E-state index contributed by atoms with van der Waals surface area (Å²) in [6, 6.07) is 26.9. The van der Waals surface area contributed by atoms with Gasteiger partial charge in [-0.3, -0.25) is 9.59 Å². The number of hydrogen-bond acceptors (Lipinski definition) is 11. The van der Waals surface area contributed by atoms with Crippen molar-refractivity contribution < 1.29 is 46.1 Å². The summed E-state index contributed by atoms with van der Waals surface area (Å²) in [5.41, 5.74) is 5.32. The number of hydrogen-bond donors (Lipinski definition) is 2. The molecule has 13 nitrogen and oxygen atoms in total. The van der Waals surface area contributed by atoms with Crippen LogP contribution in [0, 0.1) is 12.7 Å². The molecule has 2 aliphatic rings. The first kappa shape index (κ1) is 45.5. The molecule has 0 saturated carbocycles. The summed E-state index contributed by atoms with van der Waals surface area (Å²) < 4.78 is 67.5. The molecule has 0 fully saturated rings. The van der Waals surface area contributed by atoms with Gasteiger partial charge in [0.25, 0.3) is 10.0 Å². The second kappa shape index (κ2) is 19.2. The maximum atomic E-state index is 14.7. The number of fused-ring (bicyclic) bond motifs is 2. The summed E-state index contributed by atoms with van der Waals surface area (Å²) in [7, 11) is -3.26. The van der Waals surface area contributed by atoms with Crippen molar-refractivity contribution in [3.05, 3.63) is 153 Å². The molecule has 65 heavy (non-hydrogen) atoms. The molecule has 5 aromatic carbocycles. The average molecular weight is 960 g/mol. The fourth-order valence-electron chi connectivity index (χ4n) is 7.59. The highest BCUT2D eigenvalue weighted by Gasteiger charge is 2.43. The Balaban J connectivity index is 1.04. The summed E-state index contributed by atoms with van der Waals surface area (Å²) in [4.78, 5) is 43.8. The quantitative estimate of drug-likeness (QED) is 0.107. The molecular weight excluding hydrogens is 919 g/mol. The number of aromatic nitrogens is 1. The Bertz CT molecular complexity index is 2880. The molecule has 1 unspecified atom stereocenters. The Morgan fingerprint density at radius 1 is 0.908 bits per heavy atom. The van der Waals surface area contributed by atoms with E-state index in [-0.39, 0.29) is 53.5 Å². The molecule has 0 aliphatic carbocycles. The first-order valence-electron chi connectivity index (χ1n) is 20.3. The lowest BCUT2D eigenvalue weighted by Gasteiger charge is -2.36. The first-order chi connectivity index (χ1) is 31.1. The molecule has 0 saturated heterocycles. The summed E-state index contributed by atoms with van der Waals surface area (Å²) in [6.07, 6.45) is -0.561. The van der Waals surface area contributed by atoms with Crippen molar-refractivity contribution in [3.63, 3.8) is 0 Å². The topological polar surface area (TPSA) is 162 Å². The number of amides is 2. The number of benzene rings is 5. The van der Waals surface area contributed by atoms with Gasteiger partial charge in [-0.05, 0) is 101 Å². The van der Waals surface area contributed by atoms with Crippen molar-refractivity contribution >= 4 is 67.5 Å². The van der Waals surface area contributed by atoms with Crippen LogP contribution >= 0.6 is 34.5 Å². The largest absolute Gasteiger partial charge is 0.489 e. The highest BCUT2D eigenvalue weighted by Crippen LogP contribution is 2.42. The molecule has 0 radical (unpaired) electrons. The number of carbonyl (C=O) groups is 3. The molecular formula is C47H41Cl2FN4O9S2. The van der Waals surface area contributed by atoms with E-state index < -0.39 is 46.0 Å². The third-order valence-corrected chi connectivity index (χ3v) is 15.2. The van der Waals surface area contributed by atoms with Gasteiger partial charge in [0.15, 0.2) is 26.9 Å². The van der Waals surface area contributed by atoms with Gasteiger partial charge in [-0.15, -0.1) is 0 Å².